The smallest absolute Gasteiger partial charge is 0.238 e. The molecule has 0 aromatic heterocycles. The molecule has 2 unspecified atom stereocenters. The lowest BCUT2D eigenvalue weighted by atomic mass is 9.92. The molecular weight excluding hydrogens is 272 g/mol. The van der Waals surface area contributed by atoms with Crippen LogP contribution < -0.4 is 5.32 Å². The Hall–Kier alpha value is -1.06. The lowest BCUT2D eigenvalue weighted by molar-refractivity contribution is -0.117. The number of nitrogens with zero attached hydrogens (tertiary/aromatic N) is 1. The summed E-state index contributed by atoms with van der Waals surface area (Å²) < 4.78 is 0. The van der Waals surface area contributed by atoms with Gasteiger partial charge in [0, 0.05) is 23.8 Å². The number of benzene rings is 1. The third-order valence-corrected chi connectivity index (χ3v) is 4.17. The normalized spacial score (nSPS) is 23.6. The number of aryl methyl sites for hydroxylation is 1. The fraction of sp³-hybridized carbons (Fsp3) is 0.562. The number of amides is 1. The molecule has 1 N–H and O–H groups in total. The van der Waals surface area contributed by atoms with Crippen LogP contribution in [-0.4, -0.2) is 30.4 Å². The molecule has 1 amide bonds. The zero-order chi connectivity index (χ0) is 14.7. The molecule has 1 fully saturated rings. The van der Waals surface area contributed by atoms with Crippen molar-refractivity contribution in [3.8, 4) is 0 Å². The van der Waals surface area contributed by atoms with Gasteiger partial charge in [-0.3, -0.25) is 9.69 Å². The van der Waals surface area contributed by atoms with Gasteiger partial charge < -0.3 is 5.32 Å². The highest BCUT2D eigenvalue weighted by molar-refractivity contribution is 6.31. The van der Waals surface area contributed by atoms with E-state index in [1.807, 2.05) is 19.1 Å². The monoisotopic (exact) mass is 294 g/mol. The Labute approximate surface area is 126 Å². The SMILES string of the molecule is Cc1ccc(NC(=O)CN2CC(C)CC(C)C2)cc1Cl. The summed E-state index contributed by atoms with van der Waals surface area (Å²) in [4.78, 5) is 14.3. The van der Waals surface area contributed by atoms with Crippen LogP contribution in [0, 0.1) is 18.8 Å². The Morgan fingerprint density at radius 2 is 2.00 bits per heavy atom. The summed E-state index contributed by atoms with van der Waals surface area (Å²) in [5.74, 6) is 1.37. The van der Waals surface area contributed by atoms with Crippen molar-refractivity contribution in [3.05, 3.63) is 28.8 Å². The molecule has 1 heterocycles. The van der Waals surface area contributed by atoms with Gasteiger partial charge in [0.05, 0.1) is 6.54 Å². The lowest BCUT2D eigenvalue weighted by Gasteiger charge is -2.34. The molecule has 0 aliphatic carbocycles. The van der Waals surface area contributed by atoms with E-state index in [0.717, 1.165) is 24.3 Å². The second-order valence-electron chi connectivity index (χ2n) is 6.15. The van der Waals surface area contributed by atoms with Crippen LogP contribution in [0.25, 0.3) is 0 Å². The number of nitrogens with one attached hydrogen (secondary N) is 1. The number of hydrogen-bond acceptors (Lipinski definition) is 2. The third kappa shape index (κ3) is 4.22. The van der Waals surface area contributed by atoms with Crippen molar-refractivity contribution in [3.63, 3.8) is 0 Å². The van der Waals surface area contributed by atoms with E-state index >= 15 is 0 Å². The Kier molecular flexibility index (Phi) is 5.06. The molecule has 3 nitrogen and oxygen atoms in total. The van der Waals surface area contributed by atoms with E-state index in [9.17, 15) is 4.79 Å². The zero-order valence-corrected chi connectivity index (χ0v) is 13.2. The number of hydrogen-bond donors (Lipinski definition) is 1. The van der Waals surface area contributed by atoms with Gasteiger partial charge in [0.15, 0.2) is 0 Å². The zero-order valence-electron chi connectivity index (χ0n) is 12.4. The third-order valence-electron chi connectivity index (χ3n) is 3.77. The van der Waals surface area contributed by atoms with Crippen LogP contribution in [-0.2, 0) is 4.79 Å². The van der Waals surface area contributed by atoms with Gasteiger partial charge in [-0.1, -0.05) is 31.5 Å². The first-order chi connectivity index (χ1) is 9.44. The molecule has 110 valence electrons. The van der Waals surface area contributed by atoms with Gasteiger partial charge in [0.1, 0.15) is 0 Å². The predicted octanol–water partition coefficient (Wildman–Crippen LogP) is 3.56. The maximum atomic E-state index is 12.1. The standard InChI is InChI=1S/C16H23ClN2O/c1-11-6-12(2)9-19(8-11)10-16(20)18-14-5-4-13(3)15(17)7-14/h4-5,7,11-12H,6,8-10H2,1-3H3,(H,18,20). The molecule has 1 aliphatic rings. The Bertz CT molecular complexity index is 479. The summed E-state index contributed by atoms with van der Waals surface area (Å²) in [5, 5.41) is 3.61. The van der Waals surface area contributed by atoms with Gasteiger partial charge in [-0.2, -0.15) is 0 Å². The number of anilines is 1. The van der Waals surface area contributed by atoms with Crippen LogP contribution >= 0.6 is 11.6 Å². The number of carbonyl (C=O) groups excluding carboxylic acids is 1. The summed E-state index contributed by atoms with van der Waals surface area (Å²) in [6, 6.07) is 5.61. The molecule has 1 aromatic carbocycles. The molecule has 2 atom stereocenters. The van der Waals surface area contributed by atoms with Crippen LogP contribution in [0.2, 0.25) is 5.02 Å². The number of rotatable bonds is 3. The number of carbonyl (C=O) groups is 1. The van der Waals surface area contributed by atoms with Crippen LogP contribution in [0.4, 0.5) is 5.69 Å². The van der Waals surface area contributed by atoms with E-state index < -0.39 is 0 Å². The molecule has 2 rings (SSSR count). The minimum Gasteiger partial charge on any atom is -0.325 e. The van der Waals surface area contributed by atoms with E-state index in [1.54, 1.807) is 6.07 Å². The number of likely N-dealkylation sites (tertiary alicyclic amines) is 1. The summed E-state index contributed by atoms with van der Waals surface area (Å²) in [6.07, 6.45) is 1.26. The molecule has 1 saturated heterocycles. The van der Waals surface area contributed by atoms with E-state index in [2.05, 4.69) is 24.1 Å². The van der Waals surface area contributed by atoms with Gasteiger partial charge in [0.25, 0.3) is 0 Å². The highest BCUT2D eigenvalue weighted by Crippen LogP contribution is 2.22. The second kappa shape index (κ2) is 6.59. The summed E-state index contributed by atoms with van der Waals surface area (Å²) in [5.41, 5.74) is 1.78. The predicted molar refractivity (Wildman–Crippen MR) is 84.2 cm³/mol. The second-order valence-corrected chi connectivity index (χ2v) is 6.56. The minimum absolute atomic E-state index is 0.0335. The Morgan fingerprint density at radius 1 is 1.35 bits per heavy atom. The molecule has 1 aromatic rings. The van der Waals surface area contributed by atoms with Crippen molar-refractivity contribution in [2.24, 2.45) is 11.8 Å². The fourth-order valence-corrected chi connectivity index (χ4v) is 3.18. The van der Waals surface area contributed by atoms with Crippen molar-refractivity contribution in [2.45, 2.75) is 27.2 Å². The molecule has 20 heavy (non-hydrogen) atoms. The Balaban J connectivity index is 1.90. The van der Waals surface area contributed by atoms with Gasteiger partial charge in [-0.05, 0) is 42.9 Å². The van der Waals surface area contributed by atoms with Crippen molar-refractivity contribution in [1.29, 1.82) is 0 Å². The highest BCUT2D eigenvalue weighted by Gasteiger charge is 2.23. The summed E-state index contributed by atoms with van der Waals surface area (Å²) >= 11 is 6.07. The van der Waals surface area contributed by atoms with Crippen LogP contribution in [0.5, 0.6) is 0 Å². The van der Waals surface area contributed by atoms with Crippen molar-refractivity contribution >= 4 is 23.2 Å². The molecule has 0 spiro atoms. The van der Waals surface area contributed by atoms with Crippen molar-refractivity contribution in [1.82, 2.24) is 4.90 Å². The minimum atomic E-state index is 0.0335. The first kappa shape index (κ1) is 15.3. The molecule has 1 aliphatic heterocycles. The van der Waals surface area contributed by atoms with Crippen LogP contribution in [0.15, 0.2) is 18.2 Å². The van der Waals surface area contributed by atoms with Gasteiger partial charge in [-0.15, -0.1) is 0 Å². The first-order valence-corrected chi connectivity index (χ1v) is 7.60. The summed E-state index contributed by atoms with van der Waals surface area (Å²) in [6.45, 7) is 8.92. The average molecular weight is 295 g/mol. The van der Waals surface area contributed by atoms with E-state index in [1.165, 1.54) is 6.42 Å². The molecular formula is C16H23ClN2O. The molecule has 0 saturated carbocycles. The van der Waals surface area contributed by atoms with Crippen molar-refractivity contribution in [2.75, 3.05) is 25.0 Å². The van der Waals surface area contributed by atoms with Gasteiger partial charge in [0.2, 0.25) is 5.91 Å². The van der Waals surface area contributed by atoms with Gasteiger partial charge in [-0.25, -0.2) is 0 Å². The summed E-state index contributed by atoms with van der Waals surface area (Å²) in [7, 11) is 0. The number of piperidine rings is 1. The van der Waals surface area contributed by atoms with E-state index in [0.29, 0.717) is 23.4 Å². The maximum absolute atomic E-state index is 12.1. The number of halogens is 1. The maximum Gasteiger partial charge on any atom is 0.238 e. The van der Waals surface area contributed by atoms with Crippen LogP contribution in [0.3, 0.4) is 0 Å². The fourth-order valence-electron chi connectivity index (χ4n) is 3.00. The lowest BCUT2D eigenvalue weighted by Crippen LogP contribution is -2.42. The topological polar surface area (TPSA) is 32.3 Å². The first-order valence-electron chi connectivity index (χ1n) is 7.22. The molecule has 0 bridgehead atoms. The molecule has 0 radical (unpaired) electrons. The molecule has 4 heteroatoms. The average Bonchev–Trinajstić information content (AvgIpc) is 2.32. The largest absolute Gasteiger partial charge is 0.325 e. The van der Waals surface area contributed by atoms with Crippen LogP contribution in [0.1, 0.15) is 25.8 Å². The van der Waals surface area contributed by atoms with E-state index in [-0.39, 0.29) is 5.91 Å². The highest BCUT2D eigenvalue weighted by atomic mass is 35.5. The van der Waals surface area contributed by atoms with Crippen molar-refractivity contribution < 1.29 is 4.79 Å². The van der Waals surface area contributed by atoms with E-state index in [4.69, 9.17) is 11.6 Å². The Morgan fingerprint density at radius 3 is 2.60 bits per heavy atom. The quantitative estimate of drug-likeness (QED) is 0.924. The van der Waals surface area contributed by atoms with Gasteiger partial charge >= 0.3 is 0 Å².